The molecule has 1 N–H and O–H groups in total. The van der Waals surface area contributed by atoms with Gasteiger partial charge >= 0.3 is 5.97 Å². The van der Waals surface area contributed by atoms with Crippen molar-refractivity contribution in [2.24, 2.45) is 0 Å². The van der Waals surface area contributed by atoms with Crippen molar-refractivity contribution in [2.45, 2.75) is 56.2 Å². The smallest absolute Gasteiger partial charge is 0.332 e. The van der Waals surface area contributed by atoms with E-state index in [0.717, 1.165) is 25.7 Å². The van der Waals surface area contributed by atoms with Gasteiger partial charge in [0.25, 0.3) is 0 Å². The molecule has 2 aliphatic rings. The third-order valence-corrected chi connectivity index (χ3v) is 3.98. The summed E-state index contributed by atoms with van der Waals surface area (Å²) >= 11 is 0. The molecule has 2 fully saturated rings. The molecule has 0 bridgehead atoms. The van der Waals surface area contributed by atoms with E-state index in [1.54, 1.807) is 0 Å². The van der Waals surface area contributed by atoms with Gasteiger partial charge in [-0.25, -0.2) is 4.79 Å². The molecule has 2 atom stereocenters. The summed E-state index contributed by atoms with van der Waals surface area (Å²) in [4.78, 5) is 24.5. The van der Waals surface area contributed by atoms with E-state index in [2.05, 4.69) is 0 Å². The van der Waals surface area contributed by atoms with Crippen molar-refractivity contribution < 1.29 is 19.4 Å². The molecule has 1 amide bonds. The lowest BCUT2D eigenvalue weighted by Crippen LogP contribution is -2.64. The first kappa shape index (κ1) is 12.4. The predicted molar refractivity (Wildman–Crippen MR) is 60.6 cm³/mol. The minimum Gasteiger partial charge on any atom is -0.479 e. The van der Waals surface area contributed by atoms with Crippen LogP contribution in [0.5, 0.6) is 0 Å². The summed E-state index contributed by atoms with van der Waals surface area (Å²) in [7, 11) is 1.53. The average Bonchev–Trinajstić information content (AvgIpc) is 3.14. The highest BCUT2D eigenvalue weighted by Gasteiger charge is 2.55. The zero-order valence-electron chi connectivity index (χ0n) is 10.1. The van der Waals surface area contributed by atoms with Crippen molar-refractivity contribution >= 4 is 12.4 Å². The molecule has 2 saturated carbocycles. The number of hydrogen-bond donors (Lipinski definition) is 1. The van der Waals surface area contributed by atoms with Crippen molar-refractivity contribution in [3.05, 3.63) is 0 Å². The number of carboxylic acid groups (broad SMARTS) is 1. The van der Waals surface area contributed by atoms with Crippen molar-refractivity contribution in [2.75, 3.05) is 7.11 Å². The minimum absolute atomic E-state index is 0.0966. The van der Waals surface area contributed by atoms with Crippen LogP contribution in [0.25, 0.3) is 0 Å². The van der Waals surface area contributed by atoms with E-state index in [4.69, 9.17) is 4.74 Å². The molecule has 17 heavy (non-hydrogen) atoms. The Kier molecular flexibility index (Phi) is 3.38. The second-order valence-corrected chi connectivity index (χ2v) is 4.94. The predicted octanol–water partition coefficient (Wildman–Crippen LogP) is 1.02. The fourth-order valence-electron chi connectivity index (χ4n) is 2.95. The number of aliphatic carboxylic acids is 1. The Hall–Kier alpha value is -1.10. The van der Waals surface area contributed by atoms with E-state index >= 15 is 0 Å². The summed E-state index contributed by atoms with van der Waals surface area (Å²) in [6, 6.07) is 0.0966. The number of carbonyl (C=O) groups excluding carboxylic acids is 1. The Labute approximate surface area is 101 Å². The summed E-state index contributed by atoms with van der Waals surface area (Å²) in [6.45, 7) is 0. The summed E-state index contributed by atoms with van der Waals surface area (Å²) < 4.78 is 5.35. The molecule has 2 unspecified atom stereocenters. The molecule has 96 valence electrons. The van der Waals surface area contributed by atoms with E-state index in [0.29, 0.717) is 19.3 Å². The summed E-state index contributed by atoms with van der Waals surface area (Å²) in [5.74, 6) is -0.928. The number of amides is 1. The van der Waals surface area contributed by atoms with Crippen LogP contribution >= 0.6 is 0 Å². The molecule has 5 heteroatoms. The van der Waals surface area contributed by atoms with Crippen LogP contribution < -0.4 is 0 Å². The fraction of sp³-hybridized carbons (Fsp3) is 0.833. The number of hydrogen-bond acceptors (Lipinski definition) is 3. The van der Waals surface area contributed by atoms with Crippen LogP contribution in [0, 0.1) is 0 Å². The SMILES string of the molecule is COC1CCCCC1(C(=O)O)N(C=O)C1CC1. The molecule has 0 heterocycles. The van der Waals surface area contributed by atoms with Gasteiger partial charge in [0.15, 0.2) is 5.54 Å². The van der Waals surface area contributed by atoms with E-state index in [1.165, 1.54) is 12.0 Å². The van der Waals surface area contributed by atoms with E-state index in [1.807, 2.05) is 0 Å². The quantitative estimate of drug-likeness (QED) is 0.730. The van der Waals surface area contributed by atoms with Crippen molar-refractivity contribution in [1.82, 2.24) is 4.90 Å². The molecule has 0 saturated heterocycles. The highest BCUT2D eigenvalue weighted by molar-refractivity contribution is 5.83. The molecule has 0 aromatic heterocycles. The van der Waals surface area contributed by atoms with Gasteiger partial charge in [-0.1, -0.05) is 12.8 Å². The lowest BCUT2D eigenvalue weighted by molar-refractivity contribution is -0.171. The molecule has 0 aliphatic heterocycles. The molecule has 5 nitrogen and oxygen atoms in total. The molecule has 0 aromatic rings. The van der Waals surface area contributed by atoms with E-state index < -0.39 is 11.5 Å². The van der Waals surface area contributed by atoms with E-state index in [-0.39, 0.29) is 12.1 Å². The molecular formula is C12H19NO4. The minimum atomic E-state index is -1.14. The molecule has 2 rings (SSSR count). The van der Waals surface area contributed by atoms with Crippen LogP contribution in [0.2, 0.25) is 0 Å². The number of nitrogens with zero attached hydrogens (tertiary/aromatic N) is 1. The van der Waals surface area contributed by atoms with Crippen LogP contribution in [0.4, 0.5) is 0 Å². The second kappa shape index (κ2) is 4.64. The molecule has 0 aromatic carbocycles. The van der Waals surface area contributed by atoms with Gasteiger partial charge in [-0.05, 0) is 25.7 Å². The first-order valence-electron chi connectivity index (χ1n) is 6.16. The Bertz CT molecular complexity index is 316. The Balaban J connectivity index is 2.34. The highest BCUT2D eigenvalue weighted by atomic mass is 16.5. The van der Waals surface area contributed by atoms with Crippen LogP contribution in [-0.2, 0) is 14.3 Å². The Morgan fingerprint density at radius 1 is 1.41 bits per heavy atom. The lowest BCUT2D eigenvalue weighted by atomic mass is 9.77. The van der Waals surface area contributed by atoms with Gasteiger partial charge in [-0.3, -0.25) is 4.79 Å². The zero-order chi connectivity index (χ0) is 12.5. The molecule has 0 spiro atoms. The average molecular weight is 241 g/mol. The number of carboxylic acids is 1. The highest BCUT2D eigenvalue weighted by Crippen LogP contribution is 2.41. The molecular weight excluding hydrogens is 222 g/mol. The van der Waals surface area contributed by atoms with Crippen LogP contribution in [0.1, 0.15) is 38.5 Å². The van der Waals surface area contributed by atoms with Gasteiger partial charge < -0.3 is 14.7 Å². The second-order valence-electron chi connectivity index (χ2n) is 4.94. The standard InChI is InChI=1S/C12H19NO4/c1-17-10-4-2-3-7-12(10,11(15)16)13(8-14)9-5-6-9/h8-10H,2-7H2,1H3,(H,15,16). The maximum Gasteiger partial charge on any atom is 0.332 e. The number of ether oxygens (including phenoxy) is 1. The molecule has 0 radical (unpaired) electrons. The Morgan fingerprint density at radius 3 is 2.59 bits per heavy atom. The normalized spacial score (nSPS) is 33.1. The third-order valence-electron chi connectivity index (χ3n) is 3.98. The number of methoxy groups -OCH3 is 1. The van der Waals surface area contributed by atoms with Gasteiger partial charge in [0.1, 0.15) is 0 Å². The summed E-state index contributed by atoms with van der Waals surface area (Å²) in [6.07, 6.45) is 5.13. The summed E-state index contributed by atoms with van der Waals surface area (Å²) in [5.41, 5.74) is -1.14. The molecule has 2 aliphatic carbocycles. The van der Waals surface area contributed by atoms with Gasteiger partial charge in [0.2, 0.25) is 6.41 Å². The first-order valence-corrected chi connectivity index (χ1v) is 6.16. The summed E-state index contributed by atoms with van der Waals surface area (Å²) in [5, 5.41) is 9.59. The Morgan fingerprint density at radius 2 is 2.12 bits per heavy atom. The monoisotopic (exact) mass is 241 g/mol. The maximum atomic E-state index is 11.7. The van der Waals surface area contributed by atoms with Gasteiger partial charge in [0, 0.05) is 13.2 Å². The van der Waals surface area contributed by atoms with Crippen molar-refractivity contribution in [3.63, 3.8) is 0 Å². The lowest BCUT2D eigenvalue weighted by Gasteiger charge is -2.46. The topological polar surface area (TPSA) is 66.8 Å². The van der Waals surface area contributed by atoms with Crippen molar-refractivity contribution in [3.8, 4) is 0 Å². The largest absolute Gasteiger partial charge is 0.479 e. The van der Waals surface area contributed by atoms with Gasteiger partial charge in [-0.2, -0.15) is 0 Å². The first-order chi connectivity index (χ1) is 8.16. The maximum absolute atomic E-state index is 11.7. The van der Waals surface area contributed by atoms with Crippen LogP contribution in [0.3, 0.4) is 0 Å². The zero-order valence-corrected chi connectivity index (χ0v) is 10.1. The van der Waals surface area contributed by atoms with E-state index in [9.17, 15) is 14.7 Å². The van der Waals surface area contributed by atoms with Crippen LogP contribution in [-0.4, -0.2) is 47.2 Å². The number of carbonyl (C=O) groups is 2. The van der Waals surface area contributed by atoms with Gasteiger partial charge in [0.05, 0.1) is 6.10 Å². The fourth-order valence-corrected chi connectivity index (χ4v) is 2.95. The third kappa shape index (κ3) is 1.92. The van der Waals surface area contributed by atoms with Gasteiger partial charge in [-0.15, -0.1) is 0 Å². The number of rotatable bonds is 5. The van der Waals surface area contributed by atoms with Crippen molar-refractivity contribution in [1.29, 1.82) is 0 Å². The van der Waals surface area contributed by atoms with Crippen LogP contribution in [0.15, 0.2) is 0 Å².